The predicted molar refractivity (Wildman–Crippen MR) is 316 cm³/mol. The van der Waals surface area contributed by atoms with Gasteiger partial charge >= 0.3 is 25.7 Å². The number of allylic oxidation sites excluding steroid dienone is 10. The minimum absolute atomic E-state index is 0.160. The molecule has 0 spiro atoms. The van der Waals surface area contributed by atoms with Crippen molar-refractivity contribution < 1.29 is 52.2 Å². The molecule has 0 aromatic heterocycles. The number of unbranched alkanes of at least 4 members (excludes halogenated alkanes) is 31. The highest BCUT2D eigenvalue weighted by Gasteiger charge is 2.28. The molecule has 0 aliphatic rings. The van der Waals surface area contributed by atoms with E-state index in [4.69, 9.17) is 23.3 Å². The number of carbonyl (C=O) groups is 3. The molecule has 11 nitrogen and oxygen atoms in total. The molecule has 0 aliphatic heterocycles. The maximum Gasteiger partial charge on any atom is 0.472 e. The van der Waals surface area contributed by atoms with Crippen LogP contribution >= 0.6 is 7.82 Å². The topological polar surface area (TPSA) is 155 Å². The van der Waals surface area contributed by atoms with E-state index in [1.807, 2.05) is 0 Å². The van der Waals surface area contributed by atoms with Gasteiger partial charge in [-0.3, -0.25) is 23.4 Å². The van der Waals surface area contributed by atoms with Gasteiger partial charge in [-0.05, 0) is 103 Å². The molecule has 0 aromatic rings. The van der Waals surface area contributed by atoms with Crippen molar-refractivity contribution in [2.75, 3.05) is 26.4 Å². The first kappa shape index (κ1) is 73.2. The molecule has 0 fully saturated rings. The maximum absolute atomic E-state index is 12.9. The van der Waals surface area contributed by atoms with Gasteiger partial charge in [-0.15, -0.1) is 0 Å². The number of hydrogen-bond donors (Lipinski definition) is 2. The Morgan fingerprint density at radius 3 is 1.07 bits per heavy atom. The van der Waals surface area contributed by atoms with Crippen LogP contribution in [0.25, 0.3) is 0 Å². The molecule has 0 bridgehead atoms. The lowest BCUT2D eigenvalue weighted by atomic mass is 10.1. The fourth-order valence-corrected chi connectivity index (χ4v) is 9.38. The van der Waals surface area contributed by atoms with Crippen molar-refractivity contribution in [3.63, 3.8) is 0 Å². The second kappa shape index (κ2) is 58.3. The second-order valence-electron chi connectivity index (χ2n) is 20.9. The first-order chi connectivity index (χ1) is 37.2. The fourth-order valence-electron chi connectivity index (χ4n) is 8.60. The minimum atomic E-state index is -4.76. The minimum Gasteiger partial charge on any atom is -0.462 e. The van der Waals surface area contributed by atoms with Gasteiger partial charge in [-0.1, -0.05) is 229 Å². The third kappa shape index (κ3) is 55.9. The Morgan fingerprint density at radius 2 is 0.671 bits per heavy atom. The number of ether oxygens (including phenoxy) is 3. The van der Waals surface area contributed by atoms with Gasteiger partial charge in [0.2, 0.25) is 0 Å². The van der Waals surface area contributed by atoms with Gasteiger partial charge < -0.3 is 24.2 Å². The number of esters is 3. The number of rotatable bonds is 58. The van der Waals surface area contributed by atoms with E-state index in [2.05, 4.69) is 81.5 Å². The zero-order valence-electron chi connectivity index (χ0n) is 49.0. The van der Waals surface area contributed by atoms with Crippen molar-refractivity contribution in [3.05, 3.63) is 60.8 Å². The van der Waals surface area contributed by atoms with Crippen molar-refractivity contribution >= 4 is 25.7 Å². The number of phosphoric ester groups is 1. The van der Waals surface area contributed by atoms with E-state index in [-0.39, 0.29) is 25.9 Å². The smallest absolute Gasteiger partial charge is 0.462 e. The van der Waals surface area contributed by atoms with Gasteiger partial charge in [0.15, 0.2) is 6.10 Å². The predicted octanol–water partition coefficient (Wildman–Crippen LogP) is 18.7. The van der Waals surface area contributed by atoms with Crippen LogP contribution in [0.2, 0.25) is 0 Å². The summed E-state index contributed by atoms with van der Waals surface area (Å²) in [6.07, 6.45) is 64.5. The summed E-state index contributed by atoms with van der Waals surface area (Å²) in [5.74, 6) is -1.48. The fraction of sp³-hybridized carbons (Fsp3) is 0.797. The zero-order valence-corrected chi connectivity index (χ0v) is 49.9. The van der Waals surface area contributed by atoms with Gasteiger partial charge in [-0.2, -0.15) is 0 Å². The summed E-state index contributed by atoms with van der Waals surface area (Å²) in [5, 5.41) is 9.82. The van der Waals surface area contributed by atoms with Crippen molar-refractivity contribution in [2.45, 2.75) is 303 Å². The average molecular weight is 1090 g/mol. The van der Waals surface area contributed by atoms with Crippen LogP contribution in [0.3, 0.4) is 0 Å². The van der Waals surface area contributed by atoms with Crippen LogP contribution < -0.4 is 0 Å². The monoisotopic (exact) mass is 1090 g/mol. The average Bonchev–Trinajstić information content (AvgIpc) is 3.41. The first-order valence-corrected chi connectivity index (χ1v) is 32.7. The van der Waals surface area contributed by atoms with Crippen LogP contribution in [0.15, 0.2) is 60.8 Å². The van der Waals surface area contributed by atoms with Gasteiger partial charge in [0.05, 0.1) is 19.8 Å². The Morgan fingerprint density at radius 1 is 0.368 bits per heavy atom. The Balaban J connectivity index is 4.72. The molecule has 76 heavy (non-hydrogen) atoms. The van der Waals surface area contributed by atoms with E-state index in [9.17, 15) is 28.9 Å². The summed E-state index contributed by atoms with van der Waals surface area (Å²) in [6.45, 7) is 4.56. The SMILES string of the molecule is CCC/C=C\C/C=C\CCCCCCCC(=O)OC(CO)COP(=O)(O)OCC(COC(=O)CCCCCCCCC/C=C\CCCCCCCC)OC(=O)CCCCCCCCCCC/C=C\C/C=C\CCCCC. The molecule has 0 saturated carbocycles. The molecule has 0 rings (SSSR count). The number of phosphoric acid groups is 1. The van der Waals surface area contributed by atoms with E-state index >= 15 is 0 Å². The van der Waals surface area contributed by atoms with E-state index in [0.29, 0.717) is 19.3 Å². The lowest BCUT2D eigenvalue weighted by molar-refractivity contribution is -0.161. The van der Waals surface area contributed by atoms with Crippen LogP contribution in [0, 0.1) is 0 Å². The molecular formula is C64H115O11P. The van der Waals surface area contributed by atoms with Crippen LogP contribution in [0.5, 0.6) is 0 Å². The van der Waals surface area contributed by atoms with E-state index in [0.717, 1.165) is 103 Å². The van der Waals surface area contributed by atoms with Crippen molar-refractivity contribution in [1.82, 2.24) is 0 Å². The van der Waals surface area contributed by atoms with Crippen LogP contribution in [0.4, 0.5) is 0 Å². The number of hydrogen-bond acceptors (Lipinski definition) is 10. The molecule has 0 heterocycles. The van der Waals surface area contributed by atoms with Crippen LogP contribution in [-0.2, 0) is 42.2 Å². The molecular weight excluding hydrogens is 976 g/mol. The molecule has 0 aliphatic carbocycles. The molecule has 442 valence electrons. The molecule has 3 unspecified atom stereocenters. The summed E-state index contributed by atoms with van der Waals surface area (Å²) in [4.78, 5) is 48.7. The van der Waals surface area contributed by atoms with Crippen molar-refractivity contribution in [1.29, 1.82) is 0 Å². The number of aliphatic hydroxyl groups excluding tert-OH is 1. The number of aliphatic hydroxyl groups is 1. The summed E-state index contributed by atoms with van der Waals surface area (Å²) in [5.41, 5.74) is 0. The van der Waals surface area contributed by atoms with Crippen molar-refractivity contribution in [3.8, 4) is 0 Å². The number of carbonyl (C=O) groups excluding carboxylic acids is 3. The highest BCUT2D eigenvalue weighted by atomic mass is 31.2. The molecule has 0 radical (unpaired) electrons. The normalized spacial score (nSPS) is 13.7. The lowest BCUT2D eigenvalue weighted by Crippen LogP contribution is -2.30. The zero-order chi connectivity index (χ0) is 55.5. The highest BCUT2D eigenvalue weighted by molar-refractivity contribution is 7.47. The van der Waals surface area contributed by atoms with Crippen molar-refractivity contribution in [2.24, 2.45) is 0 Å². The lowest BCUT2D eigenvalue weighted by Gasteiger charge is -2.21. The maximum atomic E-state index is 12.9. The summed E-state index contributed by atoms with van der Waals surface area (Å²) in [7, 11) is -4.76. The molecule has 2 N–H and O–H groups in total. The van der Waals surface area contributed by atoms with Crippen LogP contribution in [0.1, 0.15) is 290 Å². The van der Waals surface area contributed by atoms with E-state index in [1.54, 1.807) is 0 Å². The Labute approximate surface area is 465 Å². The summed E-state index contributed by atoms with van der Waals surface area (Å²) < 4.78 is 39.6. The standard InChI is InChI=1S/C64H115O11P/c1-4-7-10-13-16-19-22-25-27-29-30-32-34-37-40-43-46-49-52-55-64(68)75-61(57-71-62(66)53-50-47-44-41-38-36-33-31-28-26-23-20-17-14-11-8-5-2)59-73-76(69,70)72-58-60(56-65)74-63(67)54-51-48-45-42-39-35-24-21-18-15-12-9-6-3/h12,15-16,19,21,24-28,60-61,65H,4-11,13-14,17-18,20,22-23,29-59H2,1-3H3,(H,69,70)/b15-12-,19-16-,24-21-,27-25-,28-26-. The quantitative estimate of drug-likeness (QED) is 0.0197. The van der Waals surface area contributed by atoms with Gasteiger partial charge in [-0.25, -0.2) is 4.57 Å². The third-order valence-electron chi connectivity index (χ3n) is 13.4. The highest BCUT2D eigenvalue weighted by Crippen LogP contribution is 2.43. The molecule has 3 atom stereocenters. The molecule has 12 heteroatoms. The first-order valence-electron chi connectivity index (χ1n) is 31.2. The third-order valence-corrected chi connectivity index (χ3v) is 14.3. The summed E-state index contributed by atoms with van der Waals surface area (Å²) in [6, 6.07) is 0. The molecule has 0 saturated heterocycles. The second-order valence-corrected chi connectivity index (χ2v) is 22.3. The van der Waals surface area contributed by atoms with Gasteiger partial charge in [0.25, 0.3) is 0 Å². The molecule has 0 aromatic carbocycles. The Kier molecular flexibility index (Phi) is 56.2. The van der Waals surface area contributed by atoms with Gasteiger partial charge in [0, 0.05) is 19.3 Å². The Hall–Kier alpha value is -2.82. The molecule has 0 amide bonds. The summed E-state index contributed by atoms with van der Waals surface area (Å²) >= 11 is 0. The van der Waals surface area contributed by atoms with Crippen LogP contribution in [-0.4, -0.2) is 66.5 Å². The largest absolute Gasteiger partial charge is 0.472 e. The van der Waals surface area contributed by atoms with Gasteiger partial charge in [0.1, 0.15) is 12.7 Å². The van der Waals surface area contributed by atoms with E-state index < -0.39 is 57.8 Å². The Bertz CT molecular complexity index is 1510. The van der Waals surface area contributed by atoms with E-state index in [1.165, 1.54) is 128 Å².